The minimum atomic E-state index is -0.437. The Morgan fingerprint density at radius 1 is 1.15 bits per heavy atom. The maximum Gasteiger partial charge on any atom is 0.409 e. The molecule has 1 amide bonds. The number of ether oxygens (including phenoxy) is 2. The summed E-state index contributed by atoms with van der Waals surface area (Å²) in [5, 5.41) is 5.14. The van der Waals surface area contributed by atoms with Crippen LogP contribution in [0, 0.1) is 12.8 Å². The van der Waals surface area contributed by atoms with Crippen LogP contribution in [0.15, 0.2) is 24.4 Å². The molecule has 6 rings (SSSR count). The average Bonchev–Trinajstić information content (AvgIpc) is 3.54. The maximum absolute atomic E-state index is 12.6. The van der Waals surface area contributed by atoms with Crippen LogP contribution in [0.25, 0.3) is 11.3 Å². The van der Waals surface area contributed by atoms with Crippen molar-refractivity contribution in [3.8, 4) is 17.0 Å². The number of aryl methyl sites for hydroxylation is 1. The maximum atomic E-state index is 12.6. The molecule has 1 saturated carbocycles. The molecule has 0 radical (unpaired) electrons. The molecule has 0 atom stereocenters. The van der Waals surface area contributed by atoms with Crippen LogP contribution in [0.4, 0.5) is 4.79 Å². The summed E-state index contributed by atoms with van der Waals surface area (Å²) >= 11 is 0. The van der Waals surface area contributed by atoms with Gasteiger partial charge in [0, 0.05) is 43.3 Å². The molecular weight excluding hydrogens is 416 g/mol. The van der Waals surface area contributed by atoms with Gasteiger partial charge in [-0.25, -0.2) is 4.79 Å². The Hall–Kier alpha value is -2.54. The van der Waals surface area contributed by atoms with E-state index in [2.05, 4.69) is 47.9 Å². The van der Waals surface area contributed by atoms with Gasteiger partial charge >= 0.3 is 6.09 Å². The number of benzene rings is 1. The number of fused-ring (bicyclic) bond motifs is 4. The second kappa shape index (κ2) is 8.05. The van der Waals surface area contributed by atoms with Gasteiger partial charge in [-0.15, -0.1) is 0 Å². The molecule has 1 aromatic carbocycles. The van der Waals surface area contributed by atoms with Gasteiger partial charge in [0.1, 0.15) is 17.0 Å². The van der Waals surface area contributed by atoms with Crippen molar-refractivity contribution in [3.05, 3.63) is 35.5 Å². The van der Waals surface area contributed by atoms with Crippen LogP contribution in [0.2, 0.25) is 0 Å². The topological polar surface area (TPSA) is 59.8 Å². The summed E-state index contributed by atoms with van der Waals surface area (Å²) < 4.78 is 14.5. The van der Waals surface area contributed by atoms with Crippen molar-refractivity contribution in [1.82, 2.24) is 19.6 Å². The predicted molar refractivity (Wildman–Crippen MR) is 125 cm³/mol. The van der Waals surface area contributed by atoms with Gasteiger partial charge in [0.05, 0.1) is 12.6 Å². The number of piperidine rings is 2. The predicted octanol–water partition coefficient (Wildman–Crippen LogP) is 4.36. The minimum absolute atomic E-state index is 0.175. The number of likely N-dealkylation sites (tertiary alicyclic amines) is 2. The standard InChI is InChI=1S/C26H34N4O3/c1-18-3-6-21-23(15-18)33-26(9-13-29(14-10-26)25(31)32-17-19-4-5-19)22-16-30(27-24(21)22)20-7-11-28(2)12-8-20/h3,6,15-16,19-20H,4-5,7-14,17H2,1-2H3. The molecule has 3 fully saturated rings. The van der Waals surface area contributed by atoms with Crippen LogP contribution in [-0.2, 0) is 10.3 Å². The Bertz CT molecular complexity index is 1040. The molecule has 0 N–H and O–H groups in total. The molecule has 0 bridgehead atoms. The van der Waals surface area contributed by atoms with Gasteiger partial charge in [-0.2, -0.15) is 5.10 Å². The number of carbonyl (C=O) groups is 1. The second-order valence-corrected chi connectivity index (χ2v) is 10.5. The van der Waals surface area contributed by atoms with Gasteiger partial charge in [0.2, 0.25) is 0 Å². The number of hydrogen-bond donors (Lipinski definition) is 0. The Balaban J connectivity index is 1.28. The third kappa shape index (κ3) is 3.90. The quantitative estimate of drug-likeness (QED) is 0.696. The van der Waals surface area contributed by atoms with E-state index in [-0.39, 0.29) is 6.09 Å². The zero-order chi connectivity index (χ0) is 22.6. The number of amides is 1. The van der Waals surface area contributed by atoms with E-state index in [9.17, 15) is 4.79 Å². The highest BCUT2D eigenvalue weighted by molar-refractivity contribution is 5.74. The molecular formula is C26H34N4O3. The fourth-order valence-electron chi connectivity index (χ4n) is 5.53. The van der Waals surface area contributed by atoms with Crippen LogP contribution in [0.3, 0.4) is 0 Å². The van der Waals surface area contributed by atoms with Gasteiger partial charge in [0.15, 0.2) is 0 Å². The first-order chi connectivity index (χ1) is 16.0. The smallest absolute Gasteiger partial charge is 0.409 e. The van der Waals surface area contributed by atoms with E-state index in [1.54, 1.807) is 0 Å². The van der Waals surface area contributed by atoms with E-state index in [1.165, 1.54) is 24.0 Å². The lowest BCUT2D eigenvalue weighted by atomic mass is 9.81. The fraction of sp³-hybridized carbons (Fsp3) is 0.615. The number of rotatable bonds is 3. The molecule has 7 nitrogen and oxygen atoms in total. The Morgan fingerprint density at radius 2 is 1.91 bits per heavy atom. The van der Waals surface area contributed by atoms with Crippen molar-refractivity contribution >= 4 is 6.09 Å². The Kier molecular flexibility index (Phi) is 5.13. The highest BCUT2D eigenvalue weighted by atomic mass is 16.6. The average molecular weight is 451 g/mol. The lowest BCUT2D eigenvalue weighted by Gasteiger charge is -2.43. The highest BCUT2D eigenvalue weighted by Gasteiger charge is 2.46. The summed E-state index contributed by atoms with van der Waals surface area (Å²) in [4.78, 5) is 16.8. The molecule has 0 unspecified atom stereocenters. The summed E-state index contributed by atoms with van der Waals surface area (Å²) in [6.07, 6.45) is 8.19. The van der Waals surface area contributed by atoms with Crippen LogP contribution in [0.1, 0.15) is 55.7 Å². The molecule has 2 saturated heterocycles. The molecule has 33 heavy (non-hydrogen) atoms. The number of nitrogens with zero attached hydrogens (tertiary/aromatic N) is 4. The van der Waals surface area contributed by atoms with Crippen molar-refractivity contribution in [2.24, 2.45) is 5.92 Å². The van der Waals surface area contributed by atoms with Crippen LogP contribution in [0.5, 0.6) is 5.75 Å². The van der Waals surface area contributed by atoms with Crippen molar-refractivity contribution in [1.29, 1.82) is 0 Å². The first-order valence-electron chi connectivity index (χ1n) is 12.5. The summed E-state index contributed by atoms with van der Waals surface area (Å²) in [6, 6.07) is 6.84. The minimum Gasteiger partial charge on any atom is -0.482 e. The van der Waals surface area contributed by atoms with Crippen LogP contribution < -0.4 is 4.74 Å². The first-order valence-corrected chi connectivity index (χ1v) is 12.5. The molecule has 4 heterocycles. The van der Waals surface area contributed by atoms with E-state index in [4.69, 9.17) is 14.6 Å². The molecule has 1 aromatic heterocycles. The molecule has 3 aliphatic heterocycles. The van der Waals surface area contributed by atoms with E-state index in [1.807, 2.05) is 4.90 Å². The normalized spacial score (nSPS) is 22.5. The van der Waals surface area contributed by atoms with E-state index in [0.29, 0.717) is 31.7 Å². The zero-order valence-electron chi connectivity index (χ0n) is 19.8. The van der Waals surface area contributed by atoms with E-state index >= 15 is 0 Å². The van der Waals surface area contributed by atoms with Crippen molar-refractivity contribution in [3.63, 3.8) is 0 Å². The highest BCUT2D eigenvalue weighted by Crippen LogP contribution is 2.50. The van der Waals surface area contributed by atoms with Gasteiger partial charge < -0.3 is 19.3 Å². The second-order valence-electron chi connectivity index (χ2n) is 10.5. The van der Waals surface area contributed by atoms with Crippen molar-refractivity contribution in [2.75, 3.05) is 39.8 Å². The number of aromatic nitrogens is 2. The Morgan fingerprint density at radius 3 is 2.64 bits per heavy atom. The summed E-state index contributed by atoms with van der Waals surface area (Å²) in [6.45, 7) is 6.15. The van der Waals surface area contributed by atoms with E-state index < -0.39 is 5.60 Å². The van der Waals surface area contributed by atoms with Crippen LogP contribution in [-0.4, -0.2) is 65.5 Å². The van der Waals surface area contributed by atoms with Gasteiger partial charge in [-0.05, 0) is 76.4 Å². The van der Waals surface area contributed by atoms with Crippen molar-refractivity contribution < 1.29 is 14.3 Å². The van der Waals surface area contributed by atoms with Gasteiger partial charge in [-0.3, -0.25) is 4.68 Å². The Labute approximate surface area is 195 Å². The molecule has 7 heteroatoms. The SMILES string of the molecule is Cc1ccc2c(c1)OC1(CCN(C(=O)OCC3CC3)CC1)c1cn(C3CCN(C)CC3)nc1-2. The van der Waals surface area contributed by atoms with E-state index in [0.717, 1.165) is 55.8 Å². The largest absolute Gasteiger partial charge is 0.482 e. The number of hydrogen-bond acceptors (Lipinski definition) is 5. The van der Waals surface area contributed by atoms with Crippen molar-refractivity contribution in [2.45, 2.75) is 57.1 Å². The van der Waals surface area contributed by atoms with Gasteiger partial charge in [-0.1, -0.05) is 6.07 Å². The summed E-state index contributed by atoms with van der Waals surface area (Å²) in [5.74, 6) is 1.50. The third-order valence-corrected chi connectivity index (χ3v) is 7.95. The lowest BCUT2D eigenvalue weighted by Crippen LogP contribution is -2.49. The zero-order valence-corrected chi connectivity index (χ0v) is 19.8. The molecule has 4 aliphatic rings. The fourth-order valence-corrected chi connectivity index (χ4v) is 5.53. The molecule has 2 aromatic rings. The molecule has 1 spiro atoms. The molecule has 1 aliphatic carbocycles. The third-order valence-electron chi connectivity index (χ3n) is 7.95. The molecule has 176 valence electrons. The lowest BCUT2D eigenvalue weighted by molar-refractivity contribution is -0.00609. The van der Waals surface area contributed by atoms with Crippen LogP contribution >= 0.6 is 0 Å². The monoisotopic (exact) mass is 450 g/mol. The first kappa shape index (κ1) is 21.0. The number of carbonyl (C=O) groups excluding carboxylic acids is 1. The van der Waals surface area contributed by atoms with Gasteiger partial charge in [0.25, 0.3) is 0 Å². The summed E-state index contributed by atoms with van der Waals surface area (Å²) in [5.41, 5.74) is 4.07. The summed E-state index contributed by atoms with van der Waals surface area (Å²) in [7, 11) is 2.19.